The van der Waals surface area contributed by atoms with Gasteiger partial charge < -0.3 is 15.3 Å². The molecule has 2 amide bonds. The Labute approximate surface area is 97.4 Å². The molecule has 1 aliphatic heterocycles. The van der Waals surface area contributed by atoms with Crippen LogP contribution in [0.25, 0.3) is 0 Å². The molecule has 0 aromatic heterocycles. The Morgan fingerprint density at radius 3 is 2.62 bits per heavy atom. The van der Waals surface area contributed by atoms with E-state index < -0.39 is 24.0 Å². The Balaban J connectivity index is 2.60. The lowest BCUT2D eigenvalue weighted by Gasteiger charge is -2.22. The summed E-state index contributed by atoms with van der Waals surface area (Å²) in [4.78, 5) is 34.9. The molecule has 1 aliphatic rings. The topological polar surface area (TPSA) is 86.7 Å². The van der Waals surface area contributed by atoms with Crippen LogP contribution in [-0.4, -0.2) is 51.5 Å². The summed E-state index contributed by atoms with van der Waals surface area (Å²) in [5.74, 6) is -0.677. The van der Waals surface area contributed by atoms with Crippen LogP contribution in [0, 0.1) is 0 Å². The maximum absolute atomic E-state index is 11.7. The largest absolute Gasteiger partial charge is 0.480 e. The van der Waals surface area contributed by atoms with Gasteiger partial charge in [-0.15, -0.1) is 11.8 Å². The standard InChI is InChI=1S/C9H14N2O4S/c1-5(9(14)15)10-8(13)7-3-16-4-11(7)6(2)12/h5,7H,3-4H2,1-2H3,(H,10,13)(H,14,15). The number of hydrogen-bond donors (Lipinski definition) is 2. The van der Waals surface area contributed by atoms with E-state index in [2.05, 4.69) is 5.32 Å². The molecule has 1 fully saturated rings. The molecule has 90 valence electrons. The zero-order valence-electron chi connectivity index (χ0n) is 9.10. The number of rotatable bonds is 3. The van der Waals surface area contributed by atoms with Crippen LogP contribution in [0.3, 0.4) is 0 Å². The summed E-state index contributed by atoms with van der Waals surface area (Å²) in [5, 5.41) is 11.0. The Morgan fingerprint density at radius 2 is 2.12 bits per heavy atom. The van der Waals surface area contributed by atoms with E-state index in [1.807, 2.05) is 0 Å². The van der Waals surface area contributed by atoms with Crippen molar-refractivity contribution < 1.29 is 19.5 Å². The summed E-state index contributed by atoms with van der Waals surface area (Å²) in [6, 6.07) is -1.49. The molecule has 0 bridgehead atoms. The third-order valence-electron chi connectivity index (χ3n) is 2.32. The van der Waals surface area contributed by atoms with Crippen LogP contribution < -0.4 is 5.32 Å². The monoisotopic (exact) mass is 246 g/mol. The van der Waals surface area contributed by atoms with Crippen molar-refractivity contribution in [2.75, 3.05) is 11.6 Å². The van der Waals surface area contributed by atoms with Crippen LogP contribution in [-0.2, 0) is 14.4 Å². The van der Waals surface area contributed by atoms with Gasteiger partial charge in [-0.1, -0.05) is 0 Å². The molecule has 2 atom stereocenters. The zero-order valence-corrected chi connectivity index (χ0v) is 9.91. The lowest BCUT2D eigenvalue weighted by atomic mass is 10.2. The molecule has 7 heteroatoms. The highest BCUT2D eigenvalue weighted by molar-refractivity contribution is 7.99. The molecule has 16 heavy (non-hydrogen) atoms. The third kappa shape index (κ3) is 2.88. The summed E-state index contributed by atoms with van der Waals surface area (Å²) in [7, 11) is 0. The number of amides is 2. The van der Waals surface area contributed by atoms with Gasteiger partial charge in [-0.3, -0.25) is 14.4 Å². The normalized spacial score (nSPS) is 21.6. The molecular formula is C9H14N2O4S. The molecule has 0 saturated carbocycles. The quantitative estimate of drug-likeness (QED) is 0.701. The average Bonchev–Trinajstić information content (AvgIpc) is 2.65. The van der Waals surface area contributed by atoms with Gasteiger partial charge in [0.15, 0.2) is 0 Å². The Kier molecular flexibility index (Phi) is 4.17. The maximum atomic E-state index is 11.7. The molecule has 0 aromatic rings. The van der Waals surface area contributed by atoms with Crippen molar-refractivity contribution in [1.82, 2.24) is 10.2 Å². The SMILES string of the molecule is CC(=O)N1CSCC1C(=O)NC(C)C(=O)O. The van der Waals surface area contributed by atoms with Crippen molar-refractivity contribution in [3.05, 3.63) is 0 Å². The summed E-state index contributed by atoms with van der Waals surface area (Å²) >= 11 is 1.48. The number of thioether (sulfide) groups is 1. The van der Waals surface area contributed by atoms with Crippen molar-refractivity contribution >= 4 is 29.5 Å². The van der Waals surface area contributed by atoms with E-state index >= 15 is 0 Å². The van der Waals surface area contributed by atoms with Gasteiger partial charge in [0.1, 0.15) is 12.1 Å². The lowest BCUT2D eigenvalue weighted by Crippen LogP contribution is -2.50. The molecule has 1 rings (SSSR count). The predicted octanol–water partition coefficient (Wildman–Crippen LogP) is -0.503. The van der Waals surface area contributed by atoms with Crippen LogP contribution in [0.2, 0.25) is 0 Å². The minimum Gasteiger partial charge on any atom is -0.480 e. The highest BCUT2D eigenvalue weighted by Gasteiger charge is 2.33. The van der Waals surface area contributed by atoms with Crippen LogP contribution in [0.4, 0.5) is 0 Å². The first-order valence-electron chi connectivity index (χ1n) is 4.81. The molecule has 6 nitrogen and oxygen atoms in total. The minimum absolute atomic E-state index is 0.173. The number of nitrogens with zero attached hydrogens (tertiary/aromatic N) is 1. The van der Waals surface area contributed by atoms with E-state index in [4.69, 9.17) is 5.11 Å². The summed E-state index contributed by atoms with van der Waals surface area (Å²) in [6.07, 6.45) is 0. The van der Waals surface area contributed by atoms with Crippen molar-refractivity contribution in [1.29, 1.82) is 0 Å². The lowest BCUT2D eigenvalue weighted by molar-refractivity contribution is -0.142. The number of hydrogen-bond acceptors (Lipinski definition) is 4. The molecule has 0 spiro atoms. The van der Waals surface area contributed by atoms with E-state index in [1.54, 1.807) is 0 Å². The number of carbonyl (C=O) groups is 3. The second-order valence-electron chi connectivity index (χ2n) is 3.57. The number of aliphatic carboxylic acids is 1. The molecule has 2 unspecified atom stereocenters. The van der Waals surface area contributed by atoms with E-state index in [1.165, 1.54) is 30.5 Å². The fraction of sp³-hybridized carbons (Fsp3) is 0.667. The zero-order chi connectivity index (χ0) is 12.3. The molecular weight excluding hydrogens is 232 g/mol. The smallest absolute Gasteiger partial charge is 0.325 e. The molecule has 2 N–H and O–H groups in total. The van der Waals surface area contributed by atoms with Gasteiger partial charge in [-0.05, 0) is 6.92 Å². The summed E-state index contributed by atoms with van der Waals surface area (Å²) in [6.45, 7) is 2.78. The Morgan fingerprint density at radius 1 is 1.50 bits per heavy atom. The molecule has 0 aliphatic carbocycles. The average molecular weight is 246 g/mol. The number of nitrogens with one attached hydrogen (secondary N) is 1. The van der Waals surface area contributed by atoms with E-state index in [-0.39, 0.29) is 5.91 Å². The minimum atomic E-state index is -1.09. The summed E-state index contributed by atoms with van der Waals surface area (Å²) in [5.41, 5.74) is 0. The summed E-state index contributed by atoms with van der Waals surface area (Å²) < 4.78 is 0. The van der Waals surface area contributed by atoms with E-state index in [0.29, 0.717) is 11.6 Å². The van der Waals surface area contributed by atoms with Gasteiger partial charge in [0, 0.05) is 12.7 Å². The second-order valence-corrected chi connectivity index (χ2v) is 4.57. The van der Waals surface area contributed by atoms with Crippen molar-refractivity contribution in [2.45, 2.75) is 25.9 Å². The van der Waals surface area contributed by atoms with Crippen LogP contribution in [0.1, 0.15) is 13.8 Å². The number of carboxylic acid groups (broad SMARTS) is 1. The fourth-order valence-electron chi connectivity index (χ4n) is 1.34. The number of carboxylic acids is 1. The highest BCUT2D eigenvalue weighted by atomic mass is 32.2. The van der Waals surface area contributed by atoms with Crippen molar-refractivity contribution in [3.8, 4) is 0 Å². The van der Waals surface area contributed by atoms with Gasteiger partial charge in [-0.25, -0.2) is 0 Å². The first-order chi connectivity index (χ1) is 7.43. The van der Waals surface area contributed by atoms with Gasteiger partial charge >= 0.3 is 5.97 Å². The van der Waals surface area contributed by atoms with Gasteiger partial charge in [0.05, 0.1) is 5.88 Å². The first kappa shape index (κ1) is 12.8. The van der Waals surface area contributed by atoms with Gasteiger partial charge in [0.2, 0.25) is 11.8 Å². The fourth-order valence-corrected chi connectivity index (χ4v) is 2.56. The molecule has 1 heterocycles. The maximum Gasteiger partial charge on any atom is 0.325 e. The number of carbonyl (C=O) groups excluding carboxylic acids is 2. The first-order valence-corrected chi connectivity index (χ1v) is 5.97. The van der Waals surface area contributed by atoms with E-state index in [0.717, 1.165) is 0 Å². The van der Waals surface area contributed by atoms with Gasteiger partial charge in [0.25, 0.3) is 0 Å². The Bertz CT molecular complexity index is 321. The van der Waals surface area contributed by atoms with E-state index in [9.17, 15) is 14.4 Å². The van der Waals surface area contributed by atoms with Crippen molar-refractivity contribution in [2.24, 2.45) is 0 Å². The van der Waals surface area contributed by atoms with Crippen LogP contribution in [0.5, 0.6) is 0 Å². The molecule has 0 aromatic carbocycles. The highest BCUT2D eigenvalue weighted by Crippen LogP contribution is 2.20. The molecule has 0 radical (unpaired) electrons. The van der Waals surface area contributed by atoms with Crippen molar-refractivity contribution in [3.63, 3.8) is 0 Å². The third-order valence-corrected chi connectivity index (χ3v) is 3.33. The van der Waals surface area contributed by atoms with Crippen LogP contribution >= 0.6 is 11.8 Å². The van der Waals surface area contributed by atoms with Gasteiger partial charge in [-0.2, -0.15) is 0 Å². The Hall–Kier alpha value is -1.24. The van der Waals surface area contributed by atoms with Crippen LogP contribution in [0.15, 0.2) is 0 Å². The predicted molar refractivity (Wildman–Crippen MR) is 58.9 cm³/mol. The molecule has 1 saturated heterocycles. The second kappa shape index (κ2) is 5.20.